The molecule has 30 heavy (non-hydrogen) atoms. The van der Waals surface area contributed by atoms with Gasteiger partial charge in [-0.3, -0.25) is 0 Å². The number of benzene rings is 2. The van der Waals surface area contributed by atoms with Gasteiger partial charge in [0.15, 0.2) is 11.5 Å². The topological polar surface area (TPSA) is 71.1 Å². The van der Waals surface area contributed by atoms with Crippen LogP contribution < -0.4 is 9.05 Å². The van der Waals surface area contributed by atoms with E-state index in [9.17, 15) is 9.13 Å². The first-order chi connectivity index (χ1) is 14.5. The summed E-state index contributed by atoms with van der Waals surface area (Å²) < 4.78 is 45.4. The molecule has 0 heterocycles. The van der Waals surface area contributed by atoms with Crippen molar-refractivity contribution < 1.29 is 27.2 Å². The van der Waals surface area contributed by atoms with Gasteiger partial charge in [-0.25, -0.2) is 9.05 Å². The van der Waals surface area contributed by atoms with Crippen LogP contribution in [0.15, 0.2) is 48.5 Å². The quantitative estimate of drug-likeness (QED) is 0.366. The zero-order valence-corrected chi connectivity index (χ0v) is 19.1. The molecule has 1 aliphatic rings. The van der Waals surface area contributed by atoms with Gasteiger partial charge in [-0.1, -0.05) is 35.4 Å². The molecule has 2 aromatic rings. The van der Waals surface area contributed by atoms with E-state index >= 15 is 0 Å². The number of hydrogen-bond donors (Lipinski definition) is 0. The SMILES string of the molecule is Cc1ccc(O[P+](=O)OCC2CCC(CO[P+](=O)Oc3ccc(C)cc3)CC2)cc1. The largest absolute Gasteiger partial charge is 0.750 e. The zero-order chi connectivity index (χ0) is 21.3. The average molecular weight is 450 g/mol. The van der Waals surface area contributed by atoms with Gasteiger partial charge in [0.1, 0.15) is 13.2 Å². The Morgan fingerprint density at radius 2 is 1.00 bits per heavy atom. The third-order valence-electron chi connectivity index (χ3n) is 5.20. The van der Waals surface area contributed by atoms with Gasteiger partial charge in [-0.2, -0.15) is 0 Å². The van der Waals surface area contributed by atoms with Crippen LogP contribution in [-0.2, 0) is 18.2 Å². The van der Waals surface area contributed by atoms with E-state index in [1.54, 1.807) is 24.3 Å². The molecule has 0 saturated heterocycles. The lowest BCUT2D eigenvalue weighted by Crippen LogP contribution is -2.20. The molecule has 2 unspecified atom stereocenters. The Morgan fingerprint density at radius 1 is 0.667 bits per heavy atom. The van der Waals surface area contributed by atoms with Gasteiger partial charge >= 0.3 is 16.5 Å². The summed E-state index contributed by atoms with van der Waals surface area (Å²) in [6.45, 7) is 4.80. The van der Waals surface area contributed by atoms with Gasteiger partial charge in [0.2, 0.25) is 0 Å². The highest BCUT2D eigenvalue weighted by Gasteiger charge is 2.30. The van der Waals surface area contributed by atoms with Crippen molar-refractivity contribution in [3.8, 4) is 11.5 Å². The maximum atomic E-state index is 12.0. The summed E-state index contributed by atoms with van der Waals surface area (Å²) in [5.41, 5.74) is 2.23. The predicted molar refractivity (Wildman–Crippen MR) is 116 cm³/mol. The Labute approximate surface area is 179 Å². The van der Waals surface area contributed by atoms with Crippen molar-refractivity contribution in [2.24, 2.45) is 11.8 Å². The third-order valence-corrected chi connectivity index (χ3v) is 6.64. The summed E-state index contributed by atoms with van der Waals surface area (Å²) in [5.74, 6) is 1.79. The molecule has 0 spiro atoms. The molecule has 0 aliphatic heterocycles. The Balaban J connectivity index is 1.29. The first kappa shape index (κ1) is 22.8. The van der Waals surface area contributed by atoms with E-state index in [-0.39, 0.29) is 0 Å². The summed E-state index contributed by atoms with van der Waals surface area (Å²) in [6, 6.07) is 14.7. The summed E-state index contributed by atoms with van der Waals surface area (Å²) in [7, 11) is -4.35. The van der Waals surface area contributed by atoms with E-state index in [4.69, 9.17) is 18.1 Å². The molecule has 2 aromatic carbocycles. The van der Waals surface area contributed by atoms with Gasteiger partial charge in [0.05, 0.1) is 0 Å². The van der Waals surface area contributed by atoms with Crippen LogP contribution in [0.1, 0.15) is 36.8 Å². The van der Waals surface area contributed by atoms with Crippen molar-refractivity contribution >= 4 is 16.5 Å². The second-order valence-electron chi connectivity index (χ2n) is 7.73. The Hall–Kier alpha value is -1.84. The molecule has 1 saturated carbocycles. The summed E-state index contributed by atoms with van der Waals surface area (Å²) in [6.07, 6.45) is 3.82. The van der Waals surface area contributed by atoms with E-state index in [2.05, 4.69) is 0 Å². The molecular formula is C22H28O6P2+2. The molecule has 1 aliphatic carbocycles. The number of aryl methyl sites for hydroxylation is 2. The first-order valence-corrected chi connectivity index (χ1v) is 12.4. The van der Waals surface area contributed by atoms with Crippen molar-refractivity contribution in [2.45, 2.75) is 39.5 Å². The monoisotopic (exact) mass is 450 g/mol. The highest BCUT2D eigenvalue weighted by atomic mass is 31.1. The van der Waals surface area contributed by atoms with Crippen LogP contribution >= 0.6 is 16.5 Å². The van der Waals surface area contributed by atoms with E-state index in [1.807, 2.05) is 38.1 Å². The lowest BCUT2D eigenvalue weighted by atomic mass is 9.83. The van der Waals surface area contributed by atoms with Gasteiger partial charge in [-0.05, 0) is 75.6 Å². The number of rotatable bonds is 10. The molecule has 0 bridgehead atoms. The third kappa shape index (κ3) is 7.77. The fourth-order valence-corrected chi connectivity index (χ4v) is 4.68. The lowest BCUT2D eigenvalue weighted by molar-refractivity contribution is 0.144. The highest BCUT2D eigenvalue weighted by Crippen LogP contribution is 2.35. The Morgan fingerprint density at radius 3 is 1.33 bits per heavy atom. The van der Waals surface area contributed by atoms with Crippen LogP contribution in [-0.4, -0.2) is 13.2 Å². The predicted octanol–water partition coefficient (Wildman–Crippen LogP) is 6.92. The molecule has 6 nitrogen and oxygen atoms in total. The van der Waals surface area contributed by atoms with E-state index in [1.165, 1.54) is 0 Å². The minimum absolute atomic E-state index is 0.347. The minimum Gasteiger partial charge on any atom is -0.229 e. The summed E-state index contributed by atoms with van der Waals surface area (Å²) in [5, 5.41) is 0. The smallest absolute Gasteiger partial charge is 0.229 e. The molecule has 0 aromatic heterocycles. The van der Waals surface area contributed by atoms with Gasteiger partial charge in [0, 0.05) is 9.13 Å². The fraction of sp³-hybridized carbons (Fsp3) is 0.455. The molecule has 8 heteroatoms. The second-order valence-corrected chi connectivity index (χ2v) is 9.51. The molecule has 0 amide bonds. The van der Waals surface area contributed by atoms with E-state index < -0.39 is 16.5 Å². The Bertz CT molecular complexity index is 758. The number of hydrogen-bond acceptors (Lipinski definition) is 6. The van der Waals surface area contributed by atoms with Gasteiger partial charge < -0.3 is 0 Å². The molecule has 160 valence electrons. The van der Waals surface area contributed by atoms with Crippen molar-refractivity contribution in [3.05, 3.63) is 59.7 Å². The summed E-state index contributed by atoms with van der Waals surface area (Å²) >= 11 is 0. The average Bonchev–Trinajstić information content (AvgIpc) is 2.75. The summed E-state index contributed by atoms with van der Waals surface area (Å²) in [4.78, 5) is 0. The molecule has 0 N–H and O–H groups in total. The van der Waals surface area contributed by atoms with Crippen molar-refractivity contribution in [2.75, 3.05) is 13.2 Å². The second kappa shape index (κ2) is 11.5. The fourth-order valence-electron chi connectivity index (χ4n) is 3.32. The van der Waals surface area contributed by atoms with Crippen LogP contribution in [0.25, 0.3) is 0 Å². The van der Waals surface area contributed by atoms with Crippen molar-refractivity contribution in [3.63, 3.8) is 0 Å². The first-order valence-electron chi connectivity index (χ1n) is 10.2. The lowest BCUT2D eigenvalue weighted by Gasteiger charge is -2.25. The highest BCUT2D eigenvalue weighted by molar-refractivity contribution is 7.34. The van der Waals surface area contributed by atoms with Crippen LogP contribution in [0.3, 0.4) is 0 Å². The zero-order valence-electron chi connectivity index (χ0n) is 17.4. The van der Waals surface area contributed by atoms with Crippen LogP contribution in [0.5, 0.6) is 11.5 Å². The van der Waals surface area contributed by atoms with Crippen molar-refractivity contribution in [1.82, 2.24) is 0 Å². The maximum absolute atomic E-state index is 12.0. The van der Waals surface area contributed by atoms with Crippen LogP contribution in [0, 0.1) is 25.7 Å². The maximum Gasteiger partial charge on any atom is 0.750 e. The molecule has 0 radical (unpaired) electrons. The minimum atomic E-state index is -2.17. The Kier molecular flexibility index (Phi) is 8.77. The molecular weight excluding hydrogens is 422 g/mol. The van der Waals surface area contributed by atoms with Crippen LogP contribution in [0.4, 0.5) is 0 Å². The van der Waals surface area contributed by atoms with E-state index in [0.717, 1.165) is 36.8 Å². The standard InChI is InChI=1S/C22H28O6P2/c1-17-3-11-21(12-4-17)27-29(23)25-15-19-7-9-20(10-8-19)16-26-30(24)28-22-13-5-18(2)6-14-22/h3-6,11-14,19-20H,7-10,15-16H2,1-2H3/q+2. The van der Waals surface area contributed by atoms with Gasteiger partial charge in [-0.15, -0.1) is 9.05 Å². The van der Waals surface area contributed by atoms with Crippen LogP contribution in [0.2, 0.25) is 0 Å². The van der Waals surface area contributed by atoms with Crippen molar-refractivity contribution in [1.29, 1.82) is 0 Å². The molecule has 1 fully saturated rings. The molecule has 2 atom stereocenters. The van der Waals surface area contributed by atoms with E-state index in [0.29, 0.717) is 36.5 Å². The normalized spacial score (nSPS) is 19.8. The molecule has 3 rings (SSSR count). The van der Waals surface area contributed by atoms with Gasteiger partial charge in [0.25, 0.3) is 0 Å².